The number of hydrogen-bond donors (Lipinski definition) is 2. The van der Waals surface area contributed by atoms with Gasteiger partial charge in [-0.1, -0.05) is 13.8 Å². The highest BCUT2D eigenvalue weighted by atomic mass is 32.1. The van der Waals surface area contributed by atoms with Gasteiger partial charge in [-0.15, -0.1) is 11.3 Å². The van der Waals surface area contributed by atoms with Gasteiger partial charge in [0.05, 0.1) is 17.4 Å². The molecular weight excluding hydrogens is 444 g/mol. The second kappa shape index (κ2) is 9.72. The van der Waals surface area contributed by atoms with Crippen molar-refractivity contribution in [2.45, 2.75) is 45.3 Å². The van der Waals surface area contributed by atoms with Gasteiger partial charge >= 0.3 is 5.97 Å². The first-order chi connectivity index (χ1) is 15.8. The number of pyridine rings is 1. The van der Waals surface area contributed by atoms with E-state index in [1.54, 1.807) is 29.7 Å². The molecule has 0 aliphatic carbocycles. The molecule has 4 rings (SSSR count). The molecule has 0 amide bonds. The maximum atomic E-state index is 13.2. The molecule has 0 spiro atoms. The van der Waals surface area contributed by atoms with Crippen molar-refractivity contribution in [1.82, 2.24) is 14.4 Å². The first-order valence-corrected chi connectivity index (χ1v) is 11.7. The quantitative estimate of drug-likeness (QED) is 0.506. The number of aliphatic hydroxyl groups is 1. The zero-order chi connectivity index (χ0) is 23.5. The maximum Gasteiger partial charge on any atom is 0.328 e. The van der Waals surface area contributed by atoms with E-state index in [1.807, 2.05) is 10.3 Å². The maximum absolute atomic E-state index is 13.2. The second-order valence-electron chi connectivity index (χ2n) is 8.27. The highest BCUT2D eigenvalue weighted by molar-refractivity contribution is 7.09. The van der Waals surface area contributed by atoms with Gasteiger partial charge in [-0.25, -0.2) is 14.8 Å². The first kappa shape index (κ1) is 22.9. The molecule has 2 N–H and O–H groups in total. The number of anilines is 1. The molecule has 1 aliphatic heterocycles. The average Bonchev–Trinajstić information content (AvgIpc) is 3.26. The standard InChI is InChI=1S/C23H26N4O5S/c1-14(2)18-13-33-20(24-18)12-32-16-7-9-27-19(10-16)25-22(26-8-3-4-15(28)11-26)17(23(27)31)5-6-21(29)30/h5-7,9-10,13-15,28H,3-4,8,11-12H2,1-2H3,(H,29,30). The highest BCUT2D eigenvalue weighted by Crippen LogP contribution is 2.24. The first-order valence-electron chi connectivity index (χ1n) is 10.8. The summed E-state index contributed by atoms with van der Waals surface area (Å²) in [6.07, 6.45) is 4.65. The number of β-amino-alcohol motifs (C(OH)–C–C–N with tert-alkyl or cyclic N) is 1. The number of fused-ring (bicyclic) bond motifs is 1. The summed E-state index contributed by atoms with van der Waals surface area (Å²) in [6, 6.07) is 3.34. The van der Waals surface area contributed by atoms with Gasteiger partial charge in [-0.05, 0) is 30.9 Å². The van der Waals surface area contributed by atoms with Crippen LogP contribution < -0.4 is 15.2 Å². The Morgan fingerprint density at radius 2 is 2.21 bits per heavy atom. The van der Waals surface area contributed by atoms with Crippen molar-refractivity contribution in [3.05, 3.63) is 56.4 Å². The number of nitrogens with zero attached hydrogens (tertiary/aromatic N) is 4. The molecule has 10 heteroatoms. The third-order valence-corrected chi connectivity index (χ3v) is 6.27. The van der Waals surface area contributed by atoms with Gasteiger partial charge in [-0.2, -0.15) is 0 Å². The minimum Gasteiger partial charge on any atom is -0.486 e. The Morgan fingerprint density at radius 1 is 1.39 bits per heavy atom. The van der Waals surface area contributed by atoms with E-state index in [0.717, 1.165) is 23.2 Å². The molecule has 0 saturated carbocycles. The van der Waals surface area contributed by atoms with Gasteiger partial charge in [0.15, 0.2) is 0 Å². The van der Waals surface area contributed by atoms with Crippen LogP contribution in [0.5, 0.6) is 5.75 Å². The predicted molar refractivity (Wildman–Crippen MR) is 126 cm³/mol. The number of carbonyl (C=O) groups is 1. The number of ether oxygens (including phenoxy) is 1. The third kappa shape index (κ3) is 5.23. The molecule has 0 aromatic carbocycles. The molecule has 3 aromatic rings. The van der Waals surface area contributed by atoms with Crippen molar-refractivity contribution in [1.29, 1.82) is 0 Å². The summed E-state index contributed by atoms with van der Waals surface area (Å²) in [5.74, 6) is 0.0927. The van der Waals surface area contributed by atoms with Crippen molar-refractivity contribution in [2.75, 3.05) is 18.0 Å². The van der Waals surface area contributed by atoms with Crippen LogP contribution >= 0.6 is 11.3 Å². The molecule has 4 heterocycles. The lowest BCUT2D eigenvalue weighted by Crippen LogP contribution is -2.40. The monoisotopic (exact) mass is 470 g/mol. The molecule has 174 valence electrons. The minimum atomic E-state index is -1.16. The summed E-state index contributed by atoms with van der Waals surface area (Å²) in [4.78, 5) is 35.3. The van der Waals surface area contributed by atoms with Crippen molar-refractivity contribution in [2.24, 2.45) is 0 Å². The lowest BCUT2D eigenvalue weighted by molar-refractivity contribution is -0.131. The van der Waals surface area contributed by atoms with Gasteiger partial charge in [0, 0.05) is 36.8 Å². The zero-order valence-electron chi connectivity index (χ0n) is 18.5. The van der Waals surface area contributed by atoms with E-state index in [2.05, 4.69) is 23.8 Å². The number of aliphatic hydroxyl groups excluding tert-OH is 1. The van der Waals surface area contributed by atoms with Crippen molar-refractivity contribution in [3.8, 4) is 5.75 Å². The molecule has 9 nitrogen and oxygen atoms in total. The van der Waals surface area contributed by atoms with Crippen LogP contribution in [0.1, 0.15) is 48.9 Å². The number of aromatic nitrogens is 3. The summed E-state index contributed by atoms with van der Waals surface area (Å²) in [5, 5.41) is 22.0. The predicted octanol–water partition coefficient (Wildman–Crippen LogP) is 2.91. The van der Waals surface area contributed by atoms with E-state index in [4.69, 9.17) is 9.84 Å². The fraction of sp³-hybridized carbons (Fsp3) is 0.391. The molecule has 1 aliphatic rings. The van der Waals surface area contributed by atoms with Crippen molar-refractivity contribution in [3.63, 3.8) is 0 Å². The number of hydrogen-bond acceptors (Lipinski definition) is 8. The number of rotatable bonds is 7. The lowest BCUT2D eigenvalue weighted by atomic mass is 10.1. The van der Waals surface area contributed by atoms with Gasteiger partial charge < -0.3 is 19.8 Å². The van der Waals surface area contributed by atoms with Crippen LogP contribution in [-0.2, 0) is 11.4 Å². The normalized spacial score (nSPS) is 16.7. The average molecular weight is 471 g/mol. The largest absolute Gasteiger partial charge is 0.486 e. The van der Waals surface area contributed by atoms with E-state index >= 15 is 0 Å². The lowest BCUT2D eigenvalue weighted by Gasteiger charge is -2.32. The molecule has 1 atom stereocenters. The number of piperidine rings is 1. The van der Waals surface area contributed by atoms with Crippen LogP contribution in [0.3, 0.4) is 0 Å². The SMILES string of the molecule is CC(C)c1csc(COc2ccn3c(=O)c(C=CC(=O)O)c(N4CCCC(O)C4)nc3c2)n1. The molecular formula is C23H26N4O5S. The minimum absolute atomic E-state index is 0.168. The molecule has 1 fully saturated rings. The van der Waals surface area contributed by atoms with Crippen LogP contribution in [0.25, 0.3) is 11.7 Å². The van der Waals surface area contributed by atoms with E-state index in [-0.39, 0.29) is 11.1 Å². The summed E-state index contributed by atoms with van der Waals surface area (Å²) >= 11 is 1.54. The topological polar surface area (TPSA) is 117 Å². The third-order valence-electron chi connectivity index (χ3n) is 5.43. The van der Waals surface area contributed by atoms with E-state index in [1.165, 1.54) is 10.5 Å². The Balaban J connectivity index is 1.68. The summed E-state index contributed by atoms with van der Waals surface area (Å²) in [7, 11) is 0. The van der Waals surface area contributed by atoms with Crippen LogP contribution in [-0.4, -0.2) is 49.7 Å². The summed E-state index contributed by atoms with van der Waals surface area (Å²) < 4.78 is 7.25. The number of thiazole rings is 1. The van der Waals surface area contributed by atoms with Crippen LogP contribution in [0, 0.1) is 0 Å². The zero-order valence-corrected chi connectivity index (χ0v) is 19.3. The van der Waals surface area contributed by atoms with Crippen LogP contribution in [0.2, 0.25) is 0 Å². The van der Waals surface area contributed by atoms with Gasteiger partial charge in [0.2, 0.25) is 0 Å². The summed E-state index contributed by atoms with van der Waals surface area (Å²) in [5.41, 5.74) is 1.19. The van der Waals surface area contributed by atoms with Gasteiger partial charge in [0.1, 0.15) is 28.8 Å². The summed E-state index contributed by atoms with van der Waals surface area (Å²) in [6.45, 7) is 5.43. The molecule has 33 heavy (non-hydrogen) atoms. The molecule has 3 aromatic heterocycles. The van der Waals surface area contributed by atoms with Gasteiger partial charge in [0.25, 0.3) is 5.56 Å². The number of carboxylic acids is 1. The van der Waals surface area contributed by atoms with Crippen LogP contribution in [0.15, 0.2) is 34.6 Å². The number of carboxylic acid groups (broad SMARTS) is 1. The smallest absolute Gasteiger partial charge is 0.328 e. The Morgan fingerprint density at radius 3 is 2.91 bits per heavy atom. The molecule has 0 radical (unpaired) electrons. The second-order valence-corrected chi connectivity index (χ2v) is 9.21. The Labute approximate surface area is 194 Å². The highest BCUT2D eigenvalue weighted by Gasteiger charge is 2.23. The van der Waals surface area contributed by atoms with Gasteiger partial charge in [-0.3, -0.25) is 9.20 Å². The fourth-order valence-electron chi connectivity index (χ4n) is 3.70. The number of aliphatic carboxylic acids is 1. The Hall–Kier alpha value is -3.24. The van der Waals surface area contributed by atoms with E-state index < -0.39 is 12.1 Å². The van der Waals surface area contributed by atoms with Crippen LogP contribution in [0.4, 0.5) is 5.82 Å². The van der Waals surface area contributed by atoms with Crippen molar-refractivity contribution < 1.29 is 19.7 Å². The molecule has 1 saturated heterocycles. The molecule has 0 bridgehead atoms. The van der Waals surface area contributed by atoms with E-state index in [0.29, 0.717) is 49.2 Å². The Bertz CT molecular complexity index is 1250. The Kier molecular flexibility index (Phi) is 6.75. The molecule has 1 unspecified atom stereocenters. The van der Waals surface area contributed by atoms with E-state index in [9.17, 15) is 14.7 Å². The van der Waals surface area contributed by atoms with Crippen molar-refractivity contribution >= 4 is 34.8 Å². The fourth-order valence-corrected chi connectivity index (χ4v) is 4.57.